The van der Waals surface area contributed by atoms with Crippen molar-refractivity contribution >= 4 is 17.8 Å². The SMILES string of the molecule is Cc1ccc(CN(C)C(=O)CN2C(=O)N[C@](c3ccccc3)(c3ccc(C)c(C)c3)C2=O)o1. The first-order valence-electron chi connectivity index (χ1n) is 10.8. The van der Waals surface area contributed by atoms with E-state index in [0.717, 1.165) is 21.8 Å². The molecule has 4 rings (SSSR count). The van der Waals surface area contributed by atoms with E-state index in [-0.39, 0.29) is 19.0 Å². The van der Waals surface area contributed by atoms with Crippen LogP contribution in [0.25, 0.3) is 0 Å². The minimum atomic E-state index is -1.40. The quantitative estimate of drug-likeness (QED) is 0.587. The predicted molar refractivity (Wildman–Crippen MR) is 123 cm³/mol. The monoisotopic (exact) mass is 445 g/mol. The first-order valence-corrected chi connectivity index (χ1v) is 10.8. The second kappa shape index (κ2) is 8.58. The summed E-state index contributed by atoms with van der Waals surface area (Å²) in [6, 6.07) is 17.8. The summed E-state index contributed by atoms with van der Waals surface area (Å²) >= 11 is 0. The first kappa shape index (κ1) is 22.3. The van der Waals surface area contributed by atoms with Crippen molar-refractivity contribution in [1.82, 2.24) is 15.1 Å². The highest BCUT2D eigenvalue weighted by Gasteiger charge is 2.54. The Kier molecular flexibility index (Phi) is 5.80. The highest BCUT2D eigenvalue weighted by atomic mass is 16.3. The lowest BCUT2D eigenvalue weighted by Crippen LogP contribution is -2.46. The second-order valence-corrected chi connectivity index (χ2v) is 8.50. The maximum absolute atomic E-state index is 13.8. The number of carbonyl (C=O) groups excluding carboxylic acids is 3. The number of hydrogen-bond acceptors (Lipinski definition) is 4. The molecule has 1 aliphatic rings. The van der Waals surface area contributed by atoms with Crippen molar-refractivity contribution in [3.63, 3.8) is 0 Å². The summed E-state index contributed by atoms with van der Waals surface area (Å²) in [5, 5.41) is 2.89. The van der Waals surface area contributed by atoms with E-state index in [1.54, 1.807) is 13.1 Å². The van der Waals surface area contributed by atoms with Gasteiger partial charge in [-0.25, -0.2) is 4.79 Å². The van der Waals surface area contributed by atoms with Gasteiger partial charge in [0.15, 0.2) is 5.54 Å². The van der Waals surface area contributed by atoms with Gasteiger partial charge < -0.3 is 14.6 Å². The number of imide groups is 1. The topological polar surface area (TPSA) is 82.9 Å². The average Bonchev–Trinajstić information content (AvgIpc) is 3.32. The van der Waals surface area contributed by atoms with Gasteiger partial charge >= 0.3 is 6.03 Å². The molecule has 7 nitrogen and oxygen atoms in total. The average molecular weight is 446 g/mol. The molecule has 1 aliphatic heterocycles. The lowest BCUT2D eigenvalue weighted by molar-refractivity contribution is -0.138. The number of aryl methyl sites for hydroxylation is 3. The van der Waals surface area contributed by atoms with Gasteiger partial charge in [0.05, 0.1) is 6.54 Å². The molecular formula is C26H27N3O4. The summed E-state index contributed by atoms with van der Waals surface area (Å²) in [7, 11) is 1.62. The van der Waals surface area contributed by atoms with Gasteiger partial charge in [-0.3, -0.25) is 14.5 Å². The van der Waals surface area contributed by atoms with Crippen molar-refractivity contribution in [3.05, 3.63) is 94.4 Å². The van der Waals surface area contributed by atoms with Crippen molar-refractivity contribution < 1.29 is 18.8 Å². The lowest BCUT2D eigenvalue weighted by atomic mass is 9.81. The van der Waals surface area contributed by atoms with Crippen LogP contribution in [-0.2, 0) is 21.7 Å². The van der Waals surface area contributed by atoms with Crippen molar-refractivity contribution in [3.8, 4) is 0 Å². The van der Waals surface area contributed by atoms with Gasteiger partial charge in [0.2, 0.25) is 5.91 Å². The molecule has 1 saturated heterocycles. The fourth-order valence-corrected chi connectivity index (χ4v) is 4.09. The van der Waals surface area contributed by atoms with Gasteiger partial charge in [-0.1, -0.05) is 48.5 Å². The number of nitrogens with zero attached hydrogens (tertiary/aromatic N) is 2. The van der Waals surface area contributed by atoms with Crippen LogP contribution >= 0.6 is 0 Å². The molecule has 0 radical (unpaired) electrons. The maximum Gasteiger partial charge on any atom is 0.326 e. The van der Waals surface area contributed by atoms with Crippen LogP contribution in [0.4, 0.5) is 4.79 Å². The molecule has 170 valence electrons. The van der Waals surface area contributed by atoms with Gasteiger partial charge in [-0.15, -0.1) is 0 Å². The van der Waals surface area contributed by atoms with E-state index in [2.05, 4.69) is 5.32 Å². The molecule has 0 unspecified atom stereocenters. The summed E-state index contributed by atoms with van der Waals surface area (Å²) in [5.41, 5.74) is 1.99. The number of urea groups is 1. The van der Waals surface area contributed by atoms with Gasteiger partial charge in [-0.05, 0) is 55.2 Å². The molecule has 1 aromatic heterocycles. The Bertz CT molecular complexity index is 1220. The Morgan fingerprint density at radius 1 is 0.970 bits per heavy atom. The summed E-state index contributed by atoms with van der Waals surface area (Å²) in [6.45, 7) is 5.67. The van der Waals surface area contributed by atoms with Gasteiger partial charge in [0.25, 0.3) is 5.91 Å². The zero-order valence-corrected chi connectivity index (χ0v) is 19.2. The first-order chi connectivity index (χ1) is 15.7. The van der Waals surface area contributed by atoms with Crippen LogP contribution in [0.2, 0.25) is 0 Å². The number of hydrogen-bond donors (Lipinski definition) is 1. The van der Waals surface area contributed by atoms with Gasteiger partial charge in [0, 0.05) is 7.05 Å². The number of carbonyl (C=O) groups is 3. The molecule has 0 saturated carbocycles. The summed E-state index contributed by atoms with van der Waals surface area (Å²) in [4.78, 5) is 42.2. The largest absolute Gasteiger partial charge is 0.464 e. The Morgan fingerprint density at radius 2 is 1.70 bits per heavy atom. The molecule has 3 aromatic rings. The fourth-order valence-electron chi connectivity index (χ4n) is 4.09. The molecule has 1 N–H and O–H groups in total. The predicted octanol–water partition coefficient (Wildman–Crippen LogP) is 3.66. The third-order valence-corrected chi connectivity index (χ3v) is 6.16. The smallest absolute Gasteiger partial charge is 0.326 e. The fraction of sp³-hybridized carbons (Fsp3) is 0.269. The molecule has 1 atom stereocenters. The highest BCUT2D eigenvalue weighted by molar-refractivity contribution is 6.11. The number of likely N-dealkylation sites (N-methyl/N-ethyl adjacent to an activating group) is 1. The Morgan fingerprint density at radius 3 is 2.33 bits per heavy atom. The number of nitrogens with one attached hydrogen (secondary N) is 1. The maximum atomic E-state index is 13.8. The van der Waals surface area contributed by atoms with E-state index >= 15 is 0 Å². The number of amides is 4. The van der Waals surface area contributed by atoms with Crippen LogP contribution in [-0.4, -0.2) is 41.2 Å². The van der Waals surface area contributed by atoms with Crippen LogP contribution < -0.4 is 5.32 Å². The minimum Gasteiger partial charge on any atom is -0.464 e. The summed E-state index contributed by atoms with van der Waals surface area (Å²) in [5.74, 6) is 0.546. The van der Waals surface area contributed by atoms with Crippen molar-refractivity contribution in [2.75, 3.05) is 13.6 Å². The van der Waals surface area contributed by atoms with E-state index in [1.807, 2.05) is 75.4 Å². The van der Waals surface area contributed by atoms with Gasteiger partial charge in [-0.2, -0.15) is 0 Å². The third-order valence-electron chi connectivity index (χ3n) is 6.16. The van der Waals surface area contributed by atoms with E-state index in [4.69, 9.17) is 4.42 Å². The van der Waals surface area contributed by atoms with Crippen LogP contribution in [0.1, 0.15) is 33.8 Å². The molecule has 0 spiro atoms. The minimum absolute atomic E-state index is 0.247. The number of furan rings is 1. The Balaban J connectivity index is 1.65. The second-order valence-electron chi connectivity index (χ2n) is 8.50. The molecule has 0 aliphatic carbocycles. The van der Waals surface area contributed by atoms with Crippen LogP contribution in [0.3, 0.4) is 0 Å². The molecular weight excluding hydrogens is 418 g/mol. The van der Waals surface area contributed by atoms with Crippen LogP contribution in [0.5, 0.6) is 0 Å². The standard InChI is InChI=1S/C26H27N3O4/c1-17-10-12-21(14-18(17)2)26(20-8-6-5-7-9-20)24(31)29(25(32)27-26)16-23(30)28(4)15-22-13-11-19(3)33-22/h5-14H,15-16H2,1-4H3,(H,27,32)/t26-/m1/s1. The number of benzene rings is 2. The molecule has 4 amide bonds. The summed E-state index contributed by atoms with van der Waals surface area (Å²) < 4.78 is 5.53. The molecule has 2 aromatic carbocycles. The normalized spacial score (nSPS) is 17.9. The van der Waals surface area contributed by atoms with E-state index < -0.39 is 17.5 Å². The highest BCUT2D eigenvalue weighted by Crippen LogP contribution is 2.36. The van der Waals surface area contributed by atoms with E-state index in [1.165, 1.54) is 4.90 Å². The molecule has 7 heteroatoms. The molecule has 33 heavy (non-hydrogen) atoms. The Hall–Kier alpha value is -3.87. The molecule has 2 heterocycles. The molecule has 1 fully saturated rings. The van der Waals surface area contributed by atoms with E-state index in [9.17, 15) is 14.4 Å². The lowest BCUT2D eigenvalue weighted by Gasteiger charge is -2.28. The number of rotatable bonds is 6. The third kappa shape index (κ3) is 4.02. The van der Waals surface area contributed by atoms with Crippen LogP contribution in [0, 0.1) is 20.8 Å². The van der Waals surface area contributed by atoms with Crippen molar-refractivity contribution in [2.24, 2.45) is 0 Å². The van der Waals surface area contributed by atoms with Gasteiger partial charge in [0.1, 0.15) is 18.1 Å². The van der Waals surface area contributed by atoms with Crippen molar-refractivity contribution in [1.29, 1.82) is 0 Å². The summed E-state index contributed by atoms with van der Waals surface area (Å²) in [6.07, 6.45) is 0. The van der Waals surface area contributed by atoms with Crippen molar-refractivity contribution in [2.45, 2.75) is 32.9 Å². The molecule has 0 bridgehead atoms. The van der Waals surface area contributed by atoms with E-state index in [0.29, 0.717) is 16.9 Å². The Labute approximate surface area is 193 Å². The van der Waals surface area contributed by atoms with Crippen LogP contribution in [0.15, 0.2) is 65.1 Å². The zero-order valence-electron chi connectivity index (χ0n) is 19.2. The zero-order chi connectivity index (χ0) is 23.8.